The number of thiophene rings is 1. The van der Waals surface area contributed by atoms with Crippen molar-refractivity contribution in [3.05, 3.63) is 34.0 Å². The van der Waals surface area contributed by atoms with Crippen molar-refractivity contribution in [2.75, 3.05) is 0 Å². The van der Waals surface area contributed by atoms with E-state index in [1.807, 2.05) is 11.4 Å². The Morgan fingerprint density at radius 3 is 3.05 bits per heavy atom. The fourth-order valence-corrected chi connectivity index (χ4v) is 3.53. The highest BCUT2D eigenvalue weighted by Gasteiger charge is 2.38. The van der Waals surface area contributed by atoms with E-state index < -0.39 is 0 Å². The molecule has 2 aliphatic carbocycles. The van der Waals surface area contributed by atoms with Crippen LogP contribution in [0, 0.1) is 11.8 Å². The van der Waals surface area contributed by atoms with Crippen molar-refractivity contribution in [1.82, 2.24) is 5.43 Å². The van der Waals surface area contributed by atoms with E-state index >= 15 is 0 Å². The van der Waals surface area contributed by atoms with Gasteiger partial charge in [0.25, 0.3) is 5.91 Å². The van der Waals surface area contributed by atoms with Crippen LogP contribution in [-0.2, 0) is 0 Å². The first-order valence-electron chi connectivity index (χ1n) is 6.77. The van der Waals surface area contributed by atoms with Gasteiger partial charge in [0, 0.05) is 21.9 Å². The zero-order valence-corrected chi connectivity index (χ0v) is 12.0. The number of nitrogens with zero attached hydrogens (tertiary/aromatic N) is 1. The summed E-state index contributed by atoms with van der Waals surface area (Å²) in [6.07, 6.45) is 6.56. The number of allylic oxidation sites excluding steroid dienone is 2. The third-order valence-electron chi connectivity index (χ3n) is 3.91. The van der Waals surface area contributed by atoms with Gasteiger partial charge in [-0.25, -0.2) is 5.43 Å². The van der Waals surface area contributed by atoms with Crippen LogP contribution in [0.2, 0.25) is 0 Å². The van der Waals surface area contributed by atoms with E-state index in [9.17, 15) is 4.79 Å². The number of fused-ring (bicyclic) bond motifs is 1. The summed E-state index contributed by atoms with van der Waals surface area (Å²) in [6.45, 7) is 4.27. The first-order chi connectivity index (χ1) is 9.15. The van der Waals surface area contributed by atoms with Gasteiger partial charge in [0.2, 0.25) is 0 Å². The minimum Gasteiger partial charge on any atom is -0.267 e. The molecule has 0 aliphatic heterocycles. The number of carbonyl (C=O) groups excluding carboxylic acids is 1. The van der Waals surface area contributed by atoms with Crippen molar-refractivity contribution in [3.63, 3.8) is 0 Å². The molecule has 19 heavy (non-hydrogen) atoms. The van der Waals surface area contributed by atoms with Gasteiger partial charge < -0.3 is 0 Å². The average molecular weight is 274 g/mol. The molecule has 100 valence electrons. The fraction of sp³-hybridized carbons (Fsp3) is 0.467. The summed E-state index contributed by atoms with van der Waals surface area (Å²) in [5.41, 5.74) is 4.56. The SMILES string of the molecule is CC(C)c1cc(C(=O)NN=C2CC3C=CCC23)cs1. The second kappa shape index (κ2) is 4.93. The number of hydrazone groups is 1. The number of amides is 1. The van der Waals surface area contributed by atoms with Crippen LogP contribution in [0.25, 0.3) is 0 Å². The van der Waals surface area contributed by atoms with Crippen LogP contribution in [0.5, 0.6) is 0 Å². The van der Waals surface area contributed by atoms with Crippen LogP contribution in [0.1, 0.15) is 47.8 Å². The molecule has 0 aromatic carbocycles. The molecule has 1 N–H and O–H groups in total. The van der Waals surface area contributed by atoms with E-state index in [0.717, 1.165) is 24.1 Å². The highest BCUT2D eigenvalue weighted by atomic mass is 32.1. The summed E-state index contributed by atoms with van der Waals surface area (Å²) in [7, 11) is 0. The van der Waals surface area contributed by atoms with E-state index in [2.05, 4.69) is 36.5 Å². The van der Waals surface area contributed by atoms with Crippen LogP contribution >= 0.6 is 11.3 Å². The third-order valence-corrected chi connectivity index (χ3v) is 5.15. The molecular weight excluding hydrogens is 256 g/mol. The Labute approximate surface area is 117 Å². The molecule has 0 saturated heterocycles. The molecule has 1 heterocycles. The zero-order chi connectivity index (χ0) is 13.4. The van der Waals surface area contributed by atoms with Crippen molar-refractivity contribution in [2.45, 2.75) is 32.6 Å². The molecular formula is C15H18N2OS. The van der Waals surface area contributed by atoms with Gasteiger partial charge in [0.05, 0.1) is 5.56 Å². The lowest BCUT2D eigenvalue weighted by Gasteiger charge is -2.31. The lowest BCUT2D eigenvalue weighted by atomic mass is 9.74. The van der Waals surface area contributed by atoms with Crippen molar-refractivity contribution in [1.29, 1.82) is 0 Å². The van der Waals surface area contributed by atoms with E-state index in [1.165, 1.54) is 4.88 Å². The molecule has 2 aliphatic rings. The maximum Gasteiger partial charge on any atom is 0.272 e. The normalized spacial score (nSPS) is 26.6. The molecule has 1 fully saturated rings. The Hall–Kier alpha value is -1.42. The van der Waals surface area contributed by atoms with E-state index in [1.54, 1.807) is 11.3 Å². The predicted octanol–water partition coefficient (Wildman–Crippen LogP) is 3.55. The monoisotopic (exact) mass is 274 g/mol. The Morgan fingerprint density at radius 2 is 2.37 bits per heavy atom. The summed E-state index contributed by atoms with van der Waals surface area (Å²) < 4.78 is 0. The largest absolute Gasteiger partial charge is 0.272 e. The summed E-state index contributed by atoms with van der Waals surface area (Å²) in [6, 6.07) is 1.96. The Bertz CT molecular complexity index is 556. The first-order valence-corrected chi connectivity index (χ1v) is 7.65. The topological polar surface area (TPSA) is 41.5 Å². The highest BCUT2D eigenvalue weighted by molar-refractivity contribution is 7.10. The maximum absolute atomic E-state index is 12.0. The number of rotatable bonds is 3. The molecule has 1 aromatic rings. The van der Waals surface area contributed by atoms with E-state index in [4.69, 9.17) is 0 Å². The third kappa shape index (κ3) is 2.37. The first kappa shape index (κ1) is 12.6. The van der Waals surface area contributed by atoms with Crippen molar-refractivity contribution in [2.24, 2.45) is 16.9 Å². The zero-order valence-electron chi connectivity index (χ0n) is 11.2. The quantitative estimate of drug-likeness (QED) is 0.664. The minimum absolute atomic E-state index is 0.0925. The number of hydrogen-bond donors (Lipinski definition) is 1. The van der Waals surface area contributed by atoms with Gasteiger partial charge in [0.1, 0.15) is 0 Å². The lowest BCUT2D eigenvalue weighted by Crippen LogP contribution is -2.35. The summed E-state index contributed by atoms with van der Waals surface area (Å²) in [4.78, 5) is 13.2. The van der Waals surface area contributed by atoms with E-state index in [-0.39, 0.29) is 5.91 Å². The smallest absolute Gasteiger partial charge is 0.267 e. The van der Waals surface area contributed by atoms with Crippen molar-refractivity contribution >= 4 is 23.0 Å². The van der Waals surface area contributed by atoms with Gasteiger partial charge in [-0.1, -0.05) is 26.0 Å². The van der Waals surface area contributed by atoms with Crippen LogP contribution in [0.4, 0.5) is 0 Å². The standard InChI is InChI=1S/C15H18N2OS/c1-9(2)14-7-11(8-19-14)15(18)17-16-13-6-10-4-3-5-12(10)13/h3-4,7-10,12H,5-6H2,1-2H3,(H,17,18). The van der Waals surface area contributed by atoms with Crippen LogP contribution in [0.15, 0.2) is 28.7 Å². The molecule has 2 unspecified atom stereocenters. The molecule has 3 nitrogen and oxygen atoms in total. The molecule has 0 radical (unpaired) electrons. The summed E-state index contributed by atoms with van der Waals surface area (Å²) in [5.74, 6) is 1.60. The fourth-order valence-electron chi connectivity index (χ4n) is 2.63. The molecule has 4 heteroatoms. The van der Waals surface area contributed by atoms with Crippen LogP contribution in [0.3, 0.4) is 0 Å². The number of hydrogen-bond acceptors (Lipinski definition) is 3. The van der Waals surface area contributed by atoms with Crippen molar-refractivity contribution < 1.29 is 4.79 Å². The number of carbonyl (C=O) groups is 1. The average Bonchev–Trinajstić information content (AvgIpc) is 2.96. The minimum atomic E-state index is -0.0925. The van der Waals surface area contributed by atoms with Gasteiger partial charge in [-0.2, -0.15) is 5.10 Å². The van der Waals surface area contributed by atoms with Gasteiger partial charge in [-0.15, -0.1) is 11.3 Å². The number of nitrogens with one attached hydrogen (secondary N) is 1. The van der Waals surface area contributed by atoms with Gasteiger partial charge >= 0.3 is 0 Å². The van der Waals surface area contributed by atoms with Gasteiger partial charge in [0.15, 0.2) is 0 Å². The molecule has 0 spiro atoms. The molecule has 1 amide bonds. The Balaban J connectivity index is 1.61. The second-order valence-corrected chi connectivity index (χ2v) is 6.52. The second-order valence-electron chi connectivity index (χ2n) is 5.57. The molecule has 1 saturated carbocycles. The van der Waals surface area contributed by atoms with Gasteiger partial charge in [-0.05, 0) is 30.7 Å². The predicted molar refractivity (Wildman–Crippen MR) is 78.7 cm³/mol. The molecule has 3 rings (SSSR count). The maximum atomic E-state index is 12.0. The van der Waals surface area contributed by atoms with Crippen LogP contribution < -0.4 is 5.43 Å². The molecule has 2 atom stereocenters. The molecule has 0 bridgehead atoms. The van der Waals surface area contributed by atoms with E-state index in [0.29, 0.717) is 17.8 Å². The molecule has 1 aromatic heterocycles. The Kier molecular flexibility index (Phi) is 3.27. The van der Waals surface area contributed by atoms with Crippen LogP contribution in [-0.4, -0.2) is 11.6 Å². The van der Waals surface area contributed by atoms with Gasteiger partial charge in [-0.3, -0.25) is 4.79 Å². The highest BCUT2D eigenvalue weighted by Crippen LogP contribution is 2.40. The lowest BCUT2D eigenvalue weighted by molar-refractivity contribution is 0.0954. The summed E-state index contributed by atoms with van der Waals surface area (Å²) in [5, 5.41) is 6.19. The summed E-state index contributed by atoms with van der Waals surface area (Å²) >= 11 is 1.64. The van der Waals surface area contributed by atoms with Crippen molar-refractivity contribution in [3.8, 4) is 0 Å². The Morgan fingerprint density at radius 1 is 1.53 bits per heavy atom.